The first-order valence-corrected chi connectivity index (χ1v) is 7.50. The fourth-order valence-electron chi connectivity index (χ4n) is 1.83. The molecule has 0 spiro atoms. The van der Waals surface area contributed by atoms with Crippen LogP contribution in [0.25, 0.3) is 0 Å². The smallest absolute Gasteiger partial charge is 0.141 e. The van der Waals surface area contributed by atoms with Gasteiger partial charge in [-0.15, -0.1) is 0 Å². The minimum atomic E-state index is 0.357. The SMILES string of the molecule is Cc1cc(Oc2ccc(C(N)=S)cc2Br)cc(C)c1Cl. The summed E-state index contributed by atoms with van der Waals surface area (Å²) in [6.45, 7) is 3.90. The van der Waals surface area contributed by atoms with E-state index in [1.54, 1.807) is 0 Å². The summed E-state index contributed by atoms with van der Waals surface area (Å²) in [5, 5.41) is 0.764. The highest BCUT2D eigenvalue weighted by Gasteiger charge is 2.08. The molecule has 2 rings (SSSR count). The van der Waals surface area contributed by atoms with Crippen molar-refractivity contribution in [1.29, 1.82) is 0 Å². The third-order valence-electron chi connectivity index (χ3n) is 2.85. The highest BCUT2D eigenvalue weighted by atomic mass is 79.9. The van der Waals surface area contributed by atoms with Crippen LogP contribution >= 0.6 is 39.7 Å². The van der Waals surface area contributed by atoms with E-state index in [-0.39, 0.29) is 0 Å². The molecule has 0 saturated heterocycles. The predicted octanol–water partition coefficient (Wildman–Crippen LogP) is 5.15. The van der Waals surface area contributed by atoms with Crippen molar-refractivity contribution in [1.82, 2.24) is 0 Å². The zero-order valence-corrected chi connectivity index (χ0v) is 14.2. The van der Waals surface area contributed by atoms with Crippen LogP contribution < -0.4 is 10.5 Å². The zero-order valence-electron chi connectivity index (χ0n) is 11.0. The van der Waals surface area contributed by atoms with E-state index in [9.17, 15) is 0 Å². The van der Waals surface area contributed by atoms with E-state index in [4.69, 9.17) is 34.3 Å². The lowest BCUT2D eigenvalue weighted by atomic mass is 10.1. The summed E-state index contributed by atoms with van der Waals surface area (Å²) in [6, 6.07) is 9.32. The molecule has 2 N–H and O–H groups in total. The molecule has 0 aliphatic heterocycles. The summed E-state index contributed by atoms with van der Waals surface area (Å²) >= 11 is 14.5. The Hall–Kier alpha value is -1.10. The molecular formula is C15H13BrClNOS. The van der Waals surface area contributed by atoms with Gasteiger partial charge in [-0.25, -0.2) is 0 Å². The van der Waals surface area contributed by atoms with Crippen LogP contribution in [0.15, 0.2) is 34.8 Å². The third-order valence-corrected chi connectivity index (χ3v) is 4.31. The standard InChI is InChI=1S/C15H13BrClNOS/c1-8-5-11(6-9(2)14(8)17)19-13-4-3-10(15(18)20)7-12(13)16/h3-7H,1-2H3,(H2,18,20). The average Bonchev–Trinajstić information content (AvgIpc) is 2.38. The summed E-state index contributed by atoms with van der Waals surface area (Å²) in [6.07, 6.45) is 0. The maximum atomic E-state index is 6.15. The topological polar surface area (TPSA) is 35.2 Å². The Kier molecular flexibility index (Phi) is 4.68. The monoisotopic (exact) mass is 369 g/mol. The van der Waals surface area contributed by atoms with Crippen LogP contribution in [0.5, 0.6) is 11.5 Å². The molecule has 104 valence electrons. The number of halogens is 2. The van der Waals surface area contributed by atoms with E-state index in [0.717, 1.165) is 31.9 Å². The molecule has 0 radical (unpaired) electrons. The molecule has 0 bridgehead atoms. The zero-order chi connectivity index (χ0) is 14.9. The van der Waals surface area contributed by atoms with Crippen molar-refractivity contribution in [2.75, 3.05) is 0 Å². The van der Waals surface area contributed by atoms with Gasteiger partial charge < -0.3 is 10.5 Å². The molecule has 0 amide bonds. The fourth-order valence-corrected chi connectivity index (χ4v) is 2.52. The quantitative estimate of drug-likeness (QED) is 0.759. The minimum Gasteiger partial charge on any atom is -0.456 e. The maximum Gasteiger partial charge on any atom is 0.141 e. The van der Waals surface area contributed by atoms with Crippen LogP contribution in [-0.4, -0.2) is 4.99 Å². The molecule has 2 aromatic rings. The highest BCUT2D eigenvalue weighted by Crippen LogP contribution is 2.33. The third kappa shape index (κ3) is 3.32. The molecule has 2 nitrogen and oxygen atoms in total. The molecule has 0 aromatic heterocycles. The van der Waals surface area contributed by atoms with Crippen molar-refractivity contribution in [2.24, 2.45) is 5.73 Å². The Morgan fingerprint density at radius 2 is 1.80 bits per heavy atom. The number of aryl methyl sites for hydroxylation is 2. The van der Waals surface area contributed by atoms with Crippen LogP contribution in [0.4, 0.5) is 0 Å². The number of thiocarbonyl (C=S) groups is 1. The normalized spacial score (nSPS) is 10.4. The first-order chi connectivity index (χ1) is 9.38. The van der Waals surface area contributed by atoms with Crippen molar-refractivity contribution < 1.29 is 4.74 Å². The molecule has 0 heterocycles. The van der Waals surface area contributed by atoms with Crippen molar-refractivity contribution >= 4 is 44.7 Å². The van der Waals surface area contributed by atoms with Gasteiger partial charge in [0.15, 0.2) is 0 Å². The molecule has 0 atom stereocenters. The van der Waals surface area contributed by atoms with Gasteiger partial charge in [0.2, 0.25) is 0 Å². The summed E-state index contributed by atoms with van der Waals surface area (Å²) in [5.41, 5.74) is 8.36. The van der Waals surface area contributed by atoms with E-state index in [0.29, 0.717) is 10.7 Å². The van der Waals surface area contributed by atoms with Crippen LogP contribution in [0, 0.1) is 13.8 Å². The molecule has 0 saturated carbocycles. The lowest BCUT2D eigenvalue weighted by Crippen LogP contribution is -2.09. The average molecular weight is 371 g/mol. The number of ether oxygens (including phenoxy) is 1. The second-order valence-corrected chi connectivity index (χ2v) is 6.15. The molecule has 20 heavy (non-hydrogen) atoms. The van der Waals surface area contributed by atoms with Crippen LogP contribution in [0.3, 0.4) is 0 Å². The summed E-state index contributed by atoms with van der Waals surface area (Å²) in [4.78, 5) is 0.357. The van der Waals surface area contributed by atoms with Crippen molar-refractivity contribution in [2.45, 2.75) is 13.8 Å². The molecule has 0 aliphatic rings. The first kappa shape index (κ1) is 15.3. The second-order valence-electron chi connectivity index (χ2n) is 4.48. The second kappa shape index (κ2) is 6.12. The highest BCUT2D eigenvalue weighted by molar-refractivity contribution is 9.10. The van der Waals surface area contributed by atoms with Gasteiger partial charge in [0.25, 0.3) is 0 Å². The van der Waals surface area contributed by atoms with E-state index in [1.165, 1.54) is 0 Å². The molecule has 2 aromatic carbocycles. The summed E-state index contributed by atoms with van der Waals surface area (Å²) in [5.74, 6) is 1.44. The van der Waals surface area contributed by atoms with Gasteiger partial charge in [-0.3, -0.25) is 0 Å². The Labute approximate surface area is 137 Å². The molecule has 5 heteroatoms. The lowest BCUT2D eigenvalue weighted by Gasteiger charge is -2.11. The Bertz CT molecular complexity index is 665. The van der Waals surface area contributed by atoms with E-state index in [2.05, 4.69) is 15.9 Å². The first-order valence-electron chi connectivity index (χ1n) is 5.92. The van der Waals surface area contributed by atoms with Gasteiger partial charge in [-0.05, 0) is 71.2 Å². The Balaban J connectivity index is 2.33. The minimum absolute atomic E-state index is 0.357. The summed E-state index contributed by atoms with van der Waals surface area (Å²) in [7, 11) is 0. The Morgan fingerprint density at radius 3 is 2.30 bits per heavy atom. The van der Waals surface area contributed by atoms with Gasteiger partial charge in [-0.1, -0.05) is 23.8 Å². The van der Waals surface area contributed by atoms with Crippen LogP contribution in [0.2, 0.25) is 5.02 Å². The number of benzene rings is 2. The lowest BCUT2D eigenvalue weighted by molar-refractivity contribution is 0.479. The number of rotatable bonds is 3. The van der Waals surface area contributed by atoms with Gasteiger partial charge >= 0.3 is 0 Å². The van der Waals surface area contributed by atoms with Gasteiger partial charge in [-0.2, -0.15) is 0 Å². The summed E-state index contributed by atoms with van der Waals surface area (Å²) < 4.78 is 6.67. The molecular weight excluding hydrogens is 358 g/mol. The number of nitrogens with two attached hydrogens (primary N) is 1. The van der Waals surface area contributed by atoms with Crippen molar-refractivity contribution in [3.05, 3.63) is 56.5 Å². The number of hydrogen-bond donors (Lipinski definition) is 1. The van der Waals surface area contributed by atoms with Crippen molar-refractivity contribution in [3.63, 3.8) is 0 Å². The van der Waals surface area contributed by atoms with Gasteiger partial charge in [0, 0.05) is 10.6 Å². The molecule has 0 aliphatic carbocycles. The number of hydrogen-bond acceptors (Lipinski definition) is 2. The van der Waals surface area contributed by atoms with Crippen molar-refractivity contribution in [3.8, 4) is 11.5 Å². The van der Waals surface area contributed by atoms with E-state index in [1.807, 2.05) is 44.2 Å². The van der Waals surface area contributed by atoms with E-state index < -0.39 is 0 Å². The molecule has 0 unspecified atom stereocenters. The fraction of sp³-hybridized carbons (Fsp3) is 0.133. The van der Waals surface area contributed by atoms with Crippen LogP contribution in [-0.2, 0) is 0 Å². The maximum absolute atomic E-state index is 6.15. The predicted molar refractivity (Wildman–Crippen MR) is 91.0 cm³/mol. The van der Waals surface area contributed by atoms with Gasteiger partial charge in [0.1, 0.15) is 16.5 Å². The van der Waals surface area contributed by atoms with E-state index >= 15 is 0 Å². The van der Waals surface area contributed by atoms with Crippen LogP contribution in [0.1, 0.15) is 16.7 Å². The largest absolute Gasteiger partial charge is 0.456 e. The molecule has 0 fully saturated rings. The van der Waals surface area contributed by atoms with Gasteiger partial charge in [0.05, 0.1) is 4.47 Å². The Morgan fingerprint density at radius 1 is 1.20 bits per heavy atom.